The van der Waals surface area contributed by atoms with Crippen LogP contribution in [0.5, 0.6) is 11.5 Å². The number of esters is 1. The van der Waals surface area contributed by atoms with Gasteiger partial charge in [-0.3, -0.25) is 0 Å². The van der Waals surface area contributed by atoms with E-state index < -0.39 is 48.8 Å². The summed E-state index contributed by atoms with van der Waals surface area (Å²) < 4.78 is 92.1. The molecular weight excluding hydrogens is 418 g/mol. The van der Waals surface area contributed by atoms with Gasteiger partial charge >= 0.3 is 18.3 Å². The Kier molecular flexibility index (Phi) is 7.36. The van der Waals surface area contributed by atoms with Gasteiger partial charge < -0.3 is 14.2 Å². The summed E-state index contributed by atoms with van der Waals surface area (Å²) in [6.07, 6.45) is -9.41. The second-order valence-corrected chi connectivity index (χ2v) is 5.94. The van der Waals surface area contributed by atoms with Gasteiger partial charge in [-0.15, -0.1) is 0 Å². The van der Waals surface area contributed by atoms with Gasteiger partial charge in [0, 0.05) is 6.08 Å². The molecule has 0 aromatic heterocycles. The van der Waals surface area contributed by atoms with Gasteiger partial charge in [0.15, 0.2) is 6.10 Å². The van der Waals surface area contributed by atoms with Crippen LogP contribution in [-0.4, -0.2) is 25.3 Å². The minimum absolute atomic E-state index is 0.136. The smallest absolute Gasteiger partial charge is 0.416 e. The van der Waals surface area contributed by atoms with Crippen molar-refractivity contribution >= 4 is 5.97 Å². The monoisotopic (exact) mass is 434 g/mol. The lowest BCUT2D eigenvalue weighted by Gasteiger charge is -2.19. The Balaban J connectivity index is 2.06. The Labute approximate surface area is 167 Å². The van der Waals surface area contributed by atoms with E-state index in [-0.39, 0.29) is 11.5 Å². The SMILES string of the molecule is C=CC(=O)OC(COc1cccc(C(F)(F)F)c1)COc1cccc(C(F)(F)F)c1. The number of halogens is 6. The molecule has 4 nitrogen and oxygen atoms in total. The molecule has 2 rings (SSSR count). The second kappa shape index (κ2) is 9.55. The number of hydrogen-bond acceptors (Lipinski definition) is 4. The van der Waals surface area contributed by atoms with Gasteiger partial charge in [-0.1, -0.05) is 18.7 Å². The number of carbonyl (C=O) groups is 1. The Bertz CT molecular complexity index is 815. The third-order valence-corrected chi connectivity index (χ3v) is 3.64. The van der Waals surface area contributed by atoms with E-state index in [1.165, 1.54) is 12.1 Å². The van der Waals surface area contributed by atoms with E-state index in [9.17, 15) is 31.1 Å². The Hall–Kier alpha value is -3.17. The first-order chi connectivity index (χ1) is 14.0. The molecule has 0 N–H and O–H groups in total. The van der Waals surface area contributed by atoms with Crippen molar-refractivity contribution in [3.63, 3.8) is 0 Å². The molecule has 0 aliphatic rings. The Morgan fingerprint density at radius 2 is 1.30 bits per heavy atom. The molecule has 0 atom stereocenters. The molecule has 0 unspecified atom stereocenters. The summed E-state index contributed by atoms with van der Waals surface area (Å²) in [7, 11) is 0. The molecule has 162 valence electrons. The summed E-state index contributed by atoms with van der Waals surface area (Å²) in [6, 6.07) is 8.08. The lowest BCUT2D eigenvalue weighted by Crippen LogP contribution is -2.30. The van der Waals surface area contributed by atoms with Crippen LogP contribution in [-0.2, 0) is 21.9 Å². The summed E-state index contributed by atoms with van der Waals surface area (Å²) >= 11 is 0. The molecule has 30 heavy (non-hydrogen) atoms. The lowest BCUT2D eigenvalue weighted by atomic mass is 10.2. The summed E-state index contributed by atoms with van der Waals surface area (Å²) in [5.41, 5.74) is -1.86. The first-order valence-electron chi connectivity index (χ1n) is 8.42. The maximum Gasteiger partial charge on any atom is 0.416 e. The maximum atomic E-state index is 12.8. The molecular formula is C20H16F6O4. The van der Waals surface area contributed by atoms with E-state index in [0.29, 0.717) is 0 Å². The van der Waals surface area contributed by atoms with Gasteiger partial charge in [0.25, 0.3) is 0 Å². The van der Waals surface area contributed by atoms with E-state index in [2.05, 4.69) is 6.58 Å². The molecule has 0 saturated carbocycles. The van der Waals surface area contributed by atoms with Crippen LogP contribution in [0.2, 0.25) is 0 Å². The minimum Gasteiger partial charge on any atom is -0.490 e. The number of benzene rings is 2. The van der Waals surface area contributed by atoms with E-state index >= 15 is 0 Å². The fourth-order valence-corrected chi connectivity index (χ4v) is 2.23. The molecule has 0 aliphatic carbocycles. The van der Waals surface area contributed by atoms with Crippen LogP contribution in [0.15, 0.2) is 61.2 Å². The molecule has 10 heteroatoms. The van der Waals surface area contributed by atoms with Crippen LogP contribution in [0.4, 0.5) is 26.3 Å². The van der Waals surface area contributed by atoms with E-state index in [1.807, 2.05) is 0 Å². The van der Waals surface area contributed by atoms with Crippen LogP contribution >= 0.6 is 0 Å². The van der Waals surface area contributed by atoms with Gasteiger partial charge in [-0.2, -0.15) is 26.3 Å². The van der Waals surface area contributed by atoms with Crippen molar-refractivity contribution in [2.24, 2.45) is 0 Å². The van der Waals surface area contributed by atoms with Gasteiger partial charge in [-0.25, -0.2) is 4.79 Å². The van der Waals surface area contributed by atoms with Crippen LogP contribution in [0.25, 0.3) is 0 Å². The average molecular weight is 434 g/mol. The number of alkyl halides is 6. The quantitative estimate of drug-likeness (QED) is 0.322. The molecule has 0 amide bonds. The lowest BCUT2D eigenvalue weighted by molar-refractivity contribution is -0.146. The summed E-state index contributed by atoms with van der Waals surface area (Å²) in [5.74, 6) is -1.13. The molecule has 0 fully saturated rings. The van der Waals surface area contributed by atoms with Crippen molar-refractivity contribution < 1.29 is 45.3 Å². The average Bonchev–Trinajstić information content (AvgIpc) is 2.69. The first kappa shape index (κ1) is 23.1. The number of ether oxygens (including phenoxy) is 3. The predicted octanol–water partition coefficient (Wildman–Crippen LogP) is 5.28. The van der Waals surface area contributed by atoms with Crippen molar-refractivity contribution in [2.45, 2.75) is 18.5 Å². The zero-order chi connectivity index (χ0) is 22.4. The zero-order valence-electron chi connectivity index (χ0n) is 15.3. The number of carbonyl (C=O) groups excluding carboxylic acids is 1. The van der Waals surface area contributed by atoms with Crippen molar-refractivity contribution in [1.82, 2.24) is 0 Å². The Morgan fingerprint density at radius 1 is 0.867 bits per heavy atom. The van der Waals surface area contributed by atoms with Gasteiger partial charge in [0.2, 0.25) is 0 Å². The molecule has 0 bridgehead atoms. The summed E-state index contributed by atoms with van der Waals surface area (Å²) in [6.45, 7) is 2.42. The third-order valence-electron chi connectivity index (χ3n) is 3.64. The van der Waals surface area contributed by atoms with Gasteiger partial charge in [-0.05, 0) is 36.4 Å². The highest BCUT2D eigenvalue weighted by Gasteiger charge is 2.31. The van der Waals surface area contributed by atoms with Gasteiger partial charge in [0.05, 0.1) is 11.1 Å². The van der Waals surface area contributed by atoms with Crippen LogP contribution in [0.1, 0.15) is 11.1 Å². The summed E-state index contributed by atoms with van der Waals surface area (Å²) in [5, 5.41) is 0. The molecule has 2 aromatic carbocycles. The van der Waals surface area contributed by atoms with Crippen molar-refractivity contribution in [3.05, 3.63) is 72.3 Å². The normalized spacial score (nSPS) is 11.8. The fourth-order valence-electron chi connectivity index (χ4n) is 2.23. The molecule has 0 heterocycles. The highest BCUT2D eigenvalue weighted by atomic mass is 19.4. The largest absolute Gasteiger partial charge is 0.490 e. The molecule has 0 radical (unpaired) electrons. The maximum absolute atomic E-state index is 12.8. The fraction of sp³-hybridized carbons (Fsp3) is 0.250. The third kappa shape index (κ3) is 7.02. The highest BCUT2D eigenvalue weighted by molar-refractivity contribution is 5.81. The topological polar surface area (TPSA) is 44.8 Å². The van der Waals surface area contributed by atoms with Crippen LogP contribution in [0.3, 0.4) is 0 Å². The van der Waals surface area contributed by atoms with E-state index in [4.69, 9.17) is 14.2 Å². The molecule has 0 aliphatic heterocycles. The molecule has 2 aromatic rings. The Morgan fingerprint density at radius 3 is 1.67 bits per heavy atom. The summed E-state index contributed by atoms with van der Waals surface area (Å²) in [4.78, 5) is 11.5. The van der Waals surface area contributed by atoms with Crippen LogP contribution < -0.4 is 9.47 Å². The van der Waals surface area contributed by atoms with Crippen molar-refractivity contribution in [3.8, 4) is 11.5 Å². The van der Waals surface area contributed by atoms with Crippen molar-refractivity contribution in [1.29, 1.82) is 0 Å². The van der Waals surface area contributed by atoms with Crippen molar-refractivity contribution in [2.75, 3.05) is 13.2 Å². The van der Waals surface area contributed by atoms with E-state index in [1.54, 1.807) is 0 Å². The molecule has 0 saturated heterocycles. The van der Waals surface area contributed by atoms with Gasteiger partial charge in [0.1, 0.15) is 24.7 Å². The predicted molar refractivity (Wildman–Crippen MR) is 94.0 cm³/mol. The minimum atomic E-state index is -4.57. The second-order valence-electron chi connectivity index (χ2n) is 5.94. The standard InChI is InChI=1S/C20H16F6O4/c1-2-18(27)30-17(11-28-15-7-3-5-13(9-15)19(21,22)23)12-29-16-8-4-6-14(10-16)20(24,25)26/h2-10,17H,1,11-12H2. The number of hydrogen-bond donors (Lipinski definition) is 0. The number of rotatable bonds is 8. The van der Waals surface area contributed by atoms with Crippen LogP contribution in [0, 0.1) is 0 Å². The highest BCUT2D eigenvalue weighted by Crippen LogP contribution is 2.32. The van der Waals surface area contributed by atoms with E-state index in [0.717, 1.165) is 42.5 Å². The first-order valence-corrected chi connectivity index (χ1v) is 8.42. The zero-order valence-corrected chi connectivity index (χ0v) is 15.3. The molecule has 0 spiro atoms.